The van der Waals surface area contributed by atoms with E-state index in [0.29, 0.717) is 16.3 Å². The van der Waals surface area contributed by atoms with Gasteiger partial charge >= 0.3 is 0 Å². The summed E-state index contributed by atoms with van der Waals surface area (Å²) in [6.07, 6.45) is 0. The predicted molar refractivity (Wildman–Crippen MR) is 90.1 cm³/mol. The molecule has 108 valence electrons. The molecule has 0 spiro atoms. The van der Waals surface area contributed by atoms with E-state index in [1.165, 1.54) is 0 Å². The fourth-order valence-corrected chi connectivity index (χ4v) is 3.04. The van der Waals surface area contributed by atoms with Gasteiger partial charge in [-0.1, -0.05) is 35.9 Å². The third-order valence-corrected chi connectivity index (χ3v) is 4.05. The Morgan fingerprint density at radius 1 is 1.18 bits per heavy atom. The van der Waals surface area contributed by atoms with E-state index in [1.54, 1.807) is 19.2 Å². The average molecular weight is 310 g/mol. The van der Waals surface area contributed by atoms with E-state index >= 15 is 0 Å². The summed E-state index contributed by atoms with van der Waals surface area (Å²) in [5.41, 5.74) is 4.72. The minimum atomic E-state index is 0.0740. The van der Waals surface area contributed by atoms with Gasteiger partial charge in [0, 0.05) is 23.0 Å². The van der Waals surface area contributed by atoms with Crippen LogP contribution in [0.2, 0.25) is 5.02 Å². The maximum atomic E-state index is 10.3. The zero-order chi connectivity index (χ0) is 15.3. The number of rotatable bonds is 1. The van der Waals surface area contributed by atoms with Gasteiger partial charge in [0.1, 0.15) is 5.71 Å². The van der Waals surface area contributed by atoms with Crippen molar-refractivity contribution in [1.29, 1.82) is 0 Å². The number of para-hydroxylation sites is 1. The number of aromatic amines is 1. The molecule has 1 aliphatic heterocycles. The number of nitrogens with zero attached hydrogens (tertiary/aromatic N) is 2. The summed E-state index contributed by atoms with van der Waals surface area (Å²) >= 11 is 6.01. The fraction of sp³-hybridized carbons (Fsp3) is 0.0588. The Morgan fingerprint density at radius 2 is 2.00 bits per heavy atom. The second-order valence-electron chi connectivity index (χ2n) is 5.09. The van der Waals surface area contributed by atoms with E-state index in [1.807, 2.05) is 30.3 Å². The first-order chi connectivity index (χ1) is 10.7. The number of hydrogen-bond acceptors (Lipinski definition) is 3. The zero-order valence-electron chi connectivity index (χ0n) is 11.8. The van der Waals surface area contributed by atoms with E-state index < -0.39 is 0 Å². The van der Waals surface area contributed by atoms with E-state index in [9.17, 15) is 5.11 Å². The standard InChI is InChI=1S/C17H12ClN3O/c1-19-15-11-4-2-3-5-12(11)20-16(15)14-10-7-6-9(18)8-13(10)21-17(14)22/h2-8,21-22H,1H3. The second-order valence-corrected chi connectivity index (χ2v) is 5.52. The number of fused-ring (bicyclic) bond motifs is 2. The lowest BCUT2D eigenvalue weighted by Crippen LogP contribution is -2.12. The van der Waals surface area contributed by atoms with Crippen molar-refractivity contribution in [1.82, 2.24) is 4.98 Å². The third-order valence-electron chi connectivity index (χ3n) is 3.82. The van der Waals surface area contributed by atoms with Gasteiger partial charge in [0.2, 0.25) is 0 Å². The first-order valence-corrected chi connectivity index (χ1v) is 7.22. The minimum absolute atomic E-state index is 0.0740. The van der Waals surface area contributed by atoms with Crippen LogP contribution in [0.15, 0.2) is 52.4 Å². The van der Waals surface area contributed by atoms with Gasteiger partial charge in [-0.25, -0.2) is 4.99 Å². The molecule has 0 saturated carbocycles. The summed E-state index contributed by atoms with van der Waals surface area (Å²) in [5.74, 6) is 0.0740. The maximum Gasteiger partial charge on any atom is 0.199 e. The smallest absolute Gasteiger partial charge is 0.199 e. The van der Waals surface area contributed by atoms with Gasteiger partial charge in [-0.05, 0) is 18.2 Å². The van der Waals surface area contributed by atoms with Crippen LogP contribution in [0.25, 0.3) is 10.9 Å². The van der Waals surface area contributed by atoms with Gasteiger partial charge in [0.15, 0.2) is 5.88 Å². The van der Waals surface area contributed by atoms with Crippen molar-refractivity contribution in [3.63, 3.8) is 0 Å². The van der Waals surface area contributed by atoms with E-state index in [0.717, 1.165) is 27.9 Å². The molecule has 0 bridgehead atoms. The predicted octanol–water partition coefficient (Wildman–Crippen LogP) is 4.08. The molecule has 0 saturated heterocycles. The molecule has 0 unspecified atom stereocenters. The van der Waals surface area contributed by atoms with Crippen LogP contribution in [0, 0.1) is 0 Å². The first kappa shape index (κ1) is 13.1. The summed E-state index contributed by atoms with van der Waals surface area (Å²) in [6.45, 7) is 0. The summed E-state index contributed by atoms with van der Waals surface area (Å²) in [5, 5.41) is 11.8. The van der Waals surface area contributed by atoms with Crippen LogP contribution in [0.3, 0.4) is 0 Å². The average Bonchev–Trinajstić information content (AvgIpc) is 3.02. The van der Waals surface area contributed by atoms with Crippen molar-refractivity contribution in [2.75, 3.05) is 7.05 Å². The van der Waals surface area contributed by atoms with Gasteiger partial charge in [-0.2, -0.15) is 0 Å². The SMILES string of the molecule is CN=C1C(c2c(O)[nH]c3cc(Cl)ccc23)=Nc2ccccc21. The van der Waals surface area contributed by atoms with Gasteiger partial charge in [-0.15, -0.1) is 0 Å². The van der Waals surface area contributed by atoms with Crippen molar-refractivity contribution in [2.45, 2.75) is 0 Å². The number of halogens is 1. The topological polar surface area (TPSA) is 60.7 Å². The highest BCUT2D eigenvalue weighted by Crippen LogP contribution is 2.36. The van der Waals surface area contributed by atoms with Crippen molar-refractivity contribution in [3.8, 4) is 5.88 Å². The number of nitrogens with one attached hydrogen (secondary N) is 1. The van der Waals surface area contributed by atoms with Gasteiger partial charge < -0.3 is 10.1 Å². The molecule has 1 aliphatic rings. The molecule has 0 amide bonds. The van der Waals surface area contributed by atoms with Crippen LogP contribution < -0.4 is 0 Å². The highest BCUT2D eigenvalue weighted by atomic mass is 35.5. The van der Waals surface area contributed by atoms with Crippen molar-refractivity contribution >= 4 is 39.6 Å². The van der Waals surface area contributed by atoms with Crippen LogP contribution in [-0.2, 0) is 0 Å². The summed E-state index contributed by atoms with van der Waals surface area (Å²) < 4.78 is 0. The Kier molecular flexibility index (Phi) is 2.81. The van der Waals surface area contributed by atoms with Gasteiger partial charge in [0.25, 0.3) is 0 Å². The molecular formula is C17H12ClN3O. The fourth-order valence-electron chi connectivity index (χ4n) is 2.87. The quantitative estimate of drug-likeness (QED) is 0.699. The Morgan fingerprint density at radius 3 is 2.82 bits per heavy atom. The number of aromatic hydroxyl groups is 1. The van der Waals surface area contributed by atoms with Crippen LogP contribution in [0.5, 0.6) is 5.88 Å². The van der Waals surface area contributed by atoms with E-state index in [-0.39, 0.29) is 5.88 Å². The normalized spacial score (nSPS) is 15.4. The summed E-state index contributed by atoms with van der Waals surface area (Å²) in [4.78, 5) is 12.0. The largest absolute Gasteiger partial charge is 0.494 e. The van der Waals surface area contributed by atoms with Crippen LogP contribution in [0.4, 0.5) is 5.69 Å². The Balaban J connectivity index is 1.99. The van der Waals surface area contributed by atoms with E-state index in [4.69, 9.17) is 11.6 Å². The lowest BCUT2D eigenvalue weighted by molar-refractivity contribution is 0.457. The molecule has 3 aromatic rings. The molecular weight excluding hydrogens is 298 g/mol. The molecule has 0 fully saturated rings. The molecule has 0 aliphatic carbocycles. The number of H-pyrrole nitrogens is 1. The molecule has 1 aromatic heterocycles. The summed E-state index contributed by atoms with van der Waals surface area (Å²) in [7, 11) is 1.73. The minimum Gasteiger partial charge on any atom is -0.494 e. The van der Waals surface area contributed by atoms with Crippen molar-refractivity contribution in [2.24, 2.45) is 9.98 Å². The van der Waals surface area contributed by atoms with Crippen molar-refractivity contribution in [3.05, 3.63) is 58.6 Å². The van der Waals surface area contributed by atoms with Crippen LogP contribution in [0.1, 0.15) is 11.1 Å². The second kappa shape index (κ2) is 4.71. The number of aliphatic imine (C=N–C) groups is 2. The molecule has 22 heavy (non-hydrogen) atoms. The summed E-state index contributed by atoms with van der Waals surface area (Å²) in [6, 6.07) is 13.3. The third kappa shape index (κ3) is 1.77. The number of benzene rings is 2. The Hall–Kier alpha value is -2.59. The maximum absolute atomic E-state index is 10.3. The molecule has 4 rings (SSSR count). The van der Waals surface area contributed by atoms with Gasteiger partial charge in [-0.3, -0.25) is 4.99 Å². The zero-order valence-corrected chi connectivity index (χ0v) is 12.5. The number of hydrogen-bond donors (Lipinski definition) is 2. The molecule has 2 heterocycles. The molecule has 0 radical (unpaired) electrons. The monoisotopic (exact) mass is 309 g/mol. The van der Waals surface area contributed by atoms with E-state index in [2.05, 4.69) is 15.0 Å². The molecule has 5 heteroatoms. The Bertz CT molecular complexity index is 969. The molecule has 4 nitrogen and oxygen atoms in total. The van der Waals surface area contributed by atoms with Gasteiger partial charge in [0.05, 0.1) is 22.5 Å². The van der Waals surface area contributed by atoms with Crippen molar-refractivity contribution < 1.29 is 5.11 Å². The lowest BCUT2D eigenvalue weighted by Gasteiger charge is -2.03. The van der Waals surface area contributed by atoms with Crippen LogP contribution >= 0.6 is 11.6 Å². The highest BCUT2D eigenvalue weighted by molar-refractivity contribution is 6.58. The first-order valence-electron chi connectivity index (χ1n) is 6.85. The molecule has 0 atom stereocenters. The lowest BCUT2D eigenvalue weighted by atomic mass is 10.0. The number of aromatic nitrogens is 1. The Labute approximate surface area is 131 Å². The molecule has 2 N–H and O–H groups in total. The highest BCUT2D eigenvalue weighted by Gasteiger charge is 2.27. The van der Waals surface area contributed by atoms with Crippen LogP contribution in [-0.4, -0.2) is 28.6 Å². The molecule has 2 aromatic carbocycles.